The van der Waals surface area contributed by atoms with Crippen LogP contribution in [0.1, 0.15) is 57.4 Å². The average Bonchev–Trinajstić information content (AvgIpc) is 2.76. The van der Waals surface area contributed by atoms with Crippen LogP contribution in [0.15, 0.2) is 18.5 Å². The summed E-state index contributed by atoms with van der Waals surface area (Å²) in [4.78, 5) is 6.82. The minimum Gasteiger partial charge on any atom is -0.370 e. The quantitative estimate of drug-likeness (QED) is 0.633. The highest BCUT2D eigenvalue weighted by Gasteiger charge is 2.19. The number of aromatic nitrogens is 1. The van der Waals surface area contributed by atoms with Gasteiger partial charge in [-0.25, -0.2) is 0 Å². The molecule has 2 rings (SSSR count). The van der Waals surface area contributed by atoms with Crippen molar-refractivity contribution in [3.8, 4) is 0 Å². The summed E-state index contributed by atoms with van der Waals surface area (Å²) in [5.74, 6) is 0. The highest BCUT2D eigenvalue weighted by molar-refractivity contribution is 5.51. The van der Waals surface area contributed by atoms with Gasteiger partial charge in [0.1, 0.15) is 0 Å². The van der Waals surface area contributed by atoms with Crippen LogP contribution in [0.3, 0.4) is 0 Å². The molecule has 0 aromatic carbocycles. The van der Waals surface area contributed by atoms with Crippen molar-refractivity contribution in [2.75, 3.05) is 18.5 Å². The maximum Gasteiger partial charge on any atom is 0.0598 e. The Kier molecular flexibility index (Phi) is 6.31. The summed E-state index contributed by atoms with van der Waals surface area (Å²) in [6.45, 7) is 4.23. The van der Waals surface area contributed by atoms with Gasteiger partial charge in [-0.15, -0.1) is 0 Å². The molecule has 0 saturated heterocycles. The molecule has 1 heterocycles. The van der Waals surface area contributed by atoms with Crippen LogP contribution in [0.5, 0.6) is 0 Å². The Morgan fingerprint density at radius 2 is 2.00 bits per heavy atom. The molecular formula is C17H29N3. The van der Waals surface area contributed by atoms with E-state index in [9.17, 15) is 0 Å². The maximum atomic E-state index is 4.34. The summed E-state index contributed by atoms with van der Waals surface area (Å²) in [5, 5.41) is 3.51. The van der Waals surface area contributed by atoms with E-state index < -0.39 is 0 Å². The van der Waals surface area contributed by atoms with E-state index in [1.165, 1.54) is 56.2 Å². The highest BCUT2D eigenvalue weighted by atomic mass is 15.1. The van der Waals surface area contributed by atoms with Gasteiger partial charge in [0.25, 0.3) is 0 Å². The lowest BCUT2D eigenvalue weighted by Crippen LogP contribution is -2.32. The Bertz CT molecular complexity index is 384. The first-order valence-corrected chi connectivity index (χ1v) is 8.19. The fraction of sp³-hybridized carbons (Fsp3) is 0.706. The second kappa shape index (κ2) is 8.25. The van der Waals surface area contributed by atoms with Gasteiger partial charge in [-0.2, -0.15) is 0 Å². The van der Waals surface area contributed by atoms with E-state index in [2.05, 4.69) is 35.2 Å². The van der Waals surface area contributed by atoms with Crippen molar-refractivity contribution >= 4 is 5.69 Å². The molecule has 1 fully saturated rings. The molecule has 1 aromatic heterocycles. The van der Waals surface area contributed by atoms with Crippen LogP contribution in [-0.2, 0) is 6.54 Å². The van der Waals surface area contributed by atoms with Crippen LogP contribution in [0.4, 0.5) is 5.69 Å². The predicted molar refractivity (Wildman–Crippen MR) is 86.1 cm³/mol. The minimum atomic E-state index is 0.687. The Morgan fingerprint density at radius 1 is 1.25 bits per heavy atom. The first kappa shape index (κ1) is 15.3. The van der Waals surface area contributed by atoms with Gasteiger partial charge >= 0.3 is 0 Å². The molecule has 1 N–H and O–H groups in total. The van der Waals surface area contributed by atoms with Crippen molar-refractivity contribution in [1.29, 1.82) is 0 Å². The molecule has 112 valence electrons. The van der Waals surface area contributed by atoms with Crippen LogP contribution in [-0.4, -0.2) is 24.6 Å². The molecule has 0 unspecified atom stereocenters. The van der Waals surface area contributed by atoms with Crippen LogP contribution in [0, 0.1) is 0 Å². The highest BCUT2D eigenvalue weighted by Crippen LogP contribution is 2.27. The number of nitrogens with zero attached hydrogens (tertiary/aromatic N) is 2. The van der Waals surface area contributed by atoms with Crippen molar-refractivity contribution in [1.82, 2.24) is 10.3 Å². The second-order valence-corrected chi connectivity index (χ2v) is 5.94. The van der Waals surface area contributed by atoms with Crippen molar-refractivity contribution in [3.63, 3.8) is 0 Å². The summed E-state index contributed by atoms with van der Waals surface area (Å²) < 4.78 is 0. The number of hydrogen-bond donors (Lipinski definition) is 1. The Morgan fingerprint density at radius 3 is 2.70 bits per heavy atom. The van der Waals surface area contributed by atoms with Gasteiger partial charge in [0.15, 0.2) is 0 Å². The summed E-state index contributed by atoms with van der Waals surface area (Å²) >= 11 is 0. The normalized spacial score (nSPS) is 16.9. The Balaban J connectivity index is 2.05. The Labute approximate surface area is 123 Å². The third-order valence-corrected chi connectivity index (χ3v) is 4.38. The molecule has 0 aliphatic heterocycles. The van der Waals surface area contributed by atoms with E-state index in [0.717, 1.165) is 13.1 Å². The standard InChI is InChI=1S/C17H29N3/c1-3-11-18-13-15-10-12-19-14-17(15)20(2)16-8-6-4-5-7-9-16/h10,12,14,16,18H,3-9,11,13H2,1-2H3. The first-order valence-electron chi connectivity index (χ1n) is 8.19. The zero-order valence-corrected chi connectivity index (χ0v) is 13.1. The fourth-order valence-electron chi connectivity index (χ4n) is 3.12. The van der Waals surface area contributed by atoms with Gasteiger partial charge in [-0.05, 0) is 37.4 Å². The Hall–Kier alpha value is -1.09. The fourth-order valence-corrected chi connectivity index (χ4v) is 3.12. The molecule has 1 aromatic rings. The molecule has 3 heteroatoms. The summed E-state index contributed by atoms with van der Waals surface area (Å²) in [5.41, 5.74) is 2.68. The number of anilines is 1. The molecular weight excluding hydrogens is 246 g/mol. The van der Waals surface area contributed by atoms with E-state index >= 15 is 0 Å². The zero-order valence-electron chi connectivity index (χ0n) is 13.1. The van der Waals surface area contributed by atoms with Gasteiger partial charge in [0.2, 0.25) is 0 Å². The SMILES string of the molecule is CCCNCc1ccncc1N(C)C1CCCCCC1. The molecule has 3 nitrogen and oxygen atoms in total. The van der Waals surface area contributed by atoms with Crippen molar-refractivity contribution in [2.24, 2.45) is 0 Å². The molecule has 0 spiro atoms. The molecule has 1 aliphatic rings. The smallest absolute Gasteiger partial charge is 0.0598 e. The molecule has 20 heavy (non-hydrogen) atoms. The second-order valence-electron chi connectivity index (χ2n) is 5.94. The summed E-state index contributed by atoms with van der Waals surface area (Å²) in [6, 6.07) is 2.84. The minimum absolute atomic E-state index is 0.687. The van der Waals surface area contributed by atoms with Gasteiger partial charge in [-0.1, -0.05) is 32.6 Å². The first-order chi connectivity index (χ1) is 9.83. The molecule has 0 radical (unpaired) electrons. The predicted octanol–water partition coefficient (Wildman–Crippen LogP) is 3.74. The molecule has 0 amide bonds. The lowest BCUT2D eigenvalue weighted by atomic mass is 10.1. The van der Waals surface area contributed by atoms with E-state index in [1.807, 2.05) is 12.4 Å². The lowest BCUT2D eigenvalue weighted by molar-refractivity contribution is 0.550. The van der Waals surface area contributed by atoms with Gasteiger partial charge in [-0.3, -0.25) is 4.98 Å². The molecule has 0 bridgehead atoms. The maximum absolute atomic E-state index is 4.34. The lowest BCUT2D eigenvalue weighted by Gasteiger charge is -2.30. The van der Waals surface area contributed by atoms with Crippen LogP contribution >= 0.6 is 0 Å². The molecule has 1 saturated carbocycles. The summed E-state index contributed by atoms with van der Waals surface area (Å²) in [6.07, 6.45) is 13.3. The van der Waals surface area contributed by atoms with Crippen LogP contribution in [0.25, 0.3) is 0 Å². The largest absolute Gasteiger partial charge is 0.370 e. The number of rotatable bonds is 6. The third-order valence-electron chi connectivity index (χ3n) is 4.38. The van der Waals surface area contributed by atoms with Crippen molar-refractivity contribution < 1.29 is 0 Å². The number of pyridine rings is 1. The van der Waals surface area contributed by atoms with E-state index in [1.54, 1.807) is 0 Å². The molecule has 0 atom stereocenters. The third kappa shape index (κ3) is 4.20. The molecule has 1 aliphatic carbocycles. The number of hydrogen-bond acceptors (Lipinski definition) is 3. The van der Waals surface area contributed by atoms with E-state index in [-0.39, 0.29) is 0 Å². The number of nitrogens with one attached hydrogen (secondary N) is 1. The van der Waals surface area contributed by atoms with Crippen molar-refractivity contribution in [3.05, 3.63) is 24.0 Å². The van der Waals surface area contributed by atoms with E-state index in [0.29, 0.717) is 6.04 Å². The van der Waals surface area contributed by atoms with Crippen LogP contribution < -0.4 is 10.2 Å². The van der Waals surface area contributed by atoms with Gasteiger partial charge < -0.3 is 10.2 Å². The van der Waals surface area contributed by atoms with E-state index in [4.69, 9.17) is 0 Å². The van der Waals surface area contributed by atoms with Gasteiger partial charge in [0, 0.05) is 25.8 Å². The van der Waals surface area contributed by atoms with Gasteiger partial charge in [0.05, 0.1) is 11.9 Å². The summed E-state index contributed by atoms with van der Waals surface area (Å²) in [7, 11) is 2.25. The monoisotopic (exact) mass is 275 g/mol. The topological polar surface area (TPSA) is 28.2 Å². The van der Waals surface area contributed by atoms with Crippen LogP contribution in [0.2, 0.25) is 0 Å². The van der Waals surface area contributed by atoms with Crippen molar-refractivity contribution in [2.45, 2.75) is 64.5 Å². The zero-order chi connectivity index (χ0) is 14.2. The average molecular weight is 275 g/mol.